The molecule has 0 aliphatic heterocycles. The summed E-state index contributed by atoms with van der Waals surface area (Å²) in [5.41, 5.74) is 10.8. The van der Waals surface area contributed by atoms with Gasteiger partial charge in [0.25, 0.3) is 0 Å². The van der Waals surface area contributed by atoms with Crippen LogP contribution in [0.2, 0.25) is 0 Å². The molecule has 0 aliphatic rings. The number of nitrogens with two attached hydrogens (primary N) is 2. The van der Waals surface area contributed by atoms with Gasteiger partial charge in [-0.3, -0.25) is 14.3 Å². The average molecular weight is 255 g/mol. The molecule has 0 spiro atoms. The number of primary amides is 1. The first kappa shape index (κ1) is 13.2. The summed E-state index contributed by atoms with van der Waals surface area (Å²) >= 11 is 0. The van der Waals surface area contributed by atoms with Gasteiger partial charge in [0.15, 0.2) is 0 Å². The highest BCUT2D eigenvalue weighted by atomic mass is 32.2. The Kier molecular flexibility index (Phi) is 4.22. The van der Waals surface area contributed by atoms with E-state index in [-0.39, 0.29) is 0 Å². The third kappa shape index (κ3) is 3.56. The van der Waals surface area contributed by atoms with Gasteiger partial charge in [-0.2, -0.15) is 0 Å². The van der Waals surface area contributed by atoms with Gasteiger partial charge in [0.2, 0.25) is 5.91 Å². The molecule has 2 atom stereocenters. The van der Waals surface area contributed by atoms with E-state index >= 15 is 0 Å². The Bertz CT molecular complexity index is 476. The normalized spacial score (nSPS) is 13.7. The van der Waals surface area contributed by atoms with Crippen LogP contribution in [-0.2, 0) is 15.6 Å². The number of urea groups is 1. The minimum atomic E-state index is -1.58. The van der Waals surface area contributed by atoms with Gasteiger partial charge in [-0.15, -0.1) is 0 Å². The van der Waals surface area contributed by atoms with E-state index in [1.807, 2.05) is 5.32 Å². The number of anilines is 1. The van der Waals surface area contributed by atoms with Crippen LogP contribution in [0.3, 0.4) is 0 Å². The molecular weight excluding hydrogens is 242 g/mol. The van der Waals surface area contributed by atoms with Crippen molar-refractivity contribution >= 4 is 28.4 Å². The number of amides is 3. The topological polar surface area (TPSA) is 115 Å². The summed E-state index contributed by atoms with van der Waals surface area (Å²) in [5.74, 6) is -0.682. The number of hydrogen-bond acceptors (Lipinski definition) is 4. The van der Waals surface area contributed by atoms with E-state index in [1.165, 1.54) is 13.0 Å². The second kappa shape index (κ2) is 5.44. The lowest BCUT2D eigenvalue weighted by molar-refractivity contribution is -0.119. The first-order valence-electron chi connectivity index (χ1n) is 4.78. The van der Waals surface area contributed by atoms with Gasteiger partial charge in [0.05, 0.1) is 10.8 Å². The maximum Gasteiger partial charge on any atom is 0.318 e. The van der Waals surface area contributed by atoms with Gasteiger partial charge in [0, 0.05) is 10.6 Å². The van der Waals surface area contributed by atoms with Gasteiger partial charge in [-0.25, -0.2) is 4.79 Å². The monoisotopic (exact) mass is 255 g/mol. The van der Waals surface area contributed by atoms with E-state index in [2.05, 4.69) is 0 Å². The molecule has 6 nitrogen and oxygen atoms in total. The molecule has 3 amide bonds. The summed E-state index contributed by atoms with van der Waals surface area (Å²) in [6.45, 7) is 1.44. The molecule has 0 aliphatic carbocycles. The number of carbonyl (C=O) groups excluding carboxylic acids is 2. The molecule has 0 aromatic heterocycles. The van der Waals surface area contributed by atoms with E-state index in [0.29, 0.717) is 10.6 Å². The molecular formula is C10H13N3O3S. The van der Waals surface area contributed by atoms with Crippen LogP contribution < -0.4 is 16.8 Å². The Morgan fingerprint density at radius 1 is 1.41 bits per heavy atom. The summed E-state index contributed by atoms with van der Waals surface area (Å²) in [6.07, 6.45) is 0. The largest absolute Gasteiger partial charge is 0.399 e. The third-order valence-corrected chi connectivity index (χ3v) is 3.60. The van der Waals surface area contributed by atoms with Gasteiger partial charge < -0.3 is 11.5 Å². The Morgan fingerprint density at radius 2 is 2.06 bits per heavy atom. The van der Waals surface area contributed by atoms with Crippen LogP contribution >= 0.6 is 0 Å². The standard InChI is InChI=1S/C10H13N3O3S/c1-6(9(14)13-10(12)15)17(16)8-4-2-3-7(11)5-8/h2-6H,11H2,1H3,(H3,12,13,14,15). The summed E-state index contributed by atoms with van der Waals surface area (Å²) in [6, 6.07) is 5.44. The lowest BCUT2D eigenvalue weighted by Gasteiger charge is -2.10. The van der Waals surface area contributed by atoms with Crippen molar-refractivity contribution in [3.8, 4) is 0 Å². The van der Waals surface area contributed by atoms with Crippen LogP contribution in [0.25, 0.3) is 0 Å². The molecule has 17 heavy (non-hydrogen) atoms. The first-order valence-corrected chi connectivity index (χ1v) is 5.99. The van der Waals surface area contributed by atoms with Crippen molar-refractivity contribution in [1.82, 2.24) is 5.32 Å². The highest BCUT2D eigenvalue weighted by Gasteiger charge is 2.22. The SMILES string of the molecule is CC(C(=O)NC(N)=O)S(=O)c1cccc(N)c1. The minimum absolute atomic E-state index is 0.428. The van der Waals surface area contributed by atoms with Crippen molar-refractivity contribution in [2.75, 3.05) is 5.73 Å². The van der Waals surface area contributed by atoms with Crippen molar-refractivity contribution in [3.63, 3.8) is 0 Å². The Balaban J connectivity index is 2.83. The van der Waals surface area contributed by atoms with Crippen molar-refractivity contribution in [2.24, 2.45) is 5.73 Å². The zero-order valence-electron chi connectivity index (χ0n) is 9.17. The smallest absolute Gasteiger partial charge is 0.318 e. The summed E-state index contributed by atoms with van der Waals surface area (Å²) in [4.78, 5) is 22.3. The summed E-state index contributed by atoms with van der Waals surface area (Å²) in [7, 11) is -1.58. The molecule has 5 N–H and O–H groups in total. The quantitative estimate of drug-likeness (QED) is 0.657. The molecule has 1 rings (SSSR count). The van der Waals surface area contributed by atoms with Crippen molar-refractivity contribution in [3.05, 3.63) is 24.3 Å². The molecule has 1 aromatic carbocycles. The van der Waals surface area contributed by atoms with Crippen molar-refractivity contribution in [1.29, 1.82) is 0 Å². The molecule has 0 bridgehead atoms. The van der Waals surface area contributed by atoms with E-state index < -0.39 is 28.0 Å². The van der Waals surface area contributed by atoms with Crippen LogP contribution in [0, 0.1) is 0 Å². The van der Waals surface area contributed by atoms with Gasteiger partial charge in [-0.1, -0.05) is 6.07 Å². The Morgan fingerprint density at radius 3 is 2.59 bits per heavy atom. The third-order valence-electron chi connectivity index (χ3n) is 2.03. The van der Waals surface area contributed by atoms with Gasteiger partial charge in [0.1, 0.15) is 5.25 Å². The number of nitrogens with one attached hydrogen (secondary N) is 1. The van der Waals surface area contributed by atoms with Crippen LogP contribution in [0.5, 0.6) is 0 Å². The molecule has 1 aromatic rings. The van der Waals surface area contributed by atoms with E-state index in [1.54, 1.807) is 18.2 Å². The zero-order valence-corrected chi connectivity index (χ0v) is 9.99. The van der Waals surface area contributed by atoms with Crippen LogP contribution in [-0.4, -0.2) is 21.4 Å². The maximum absolute atomic E-state index is 12.0. The summed E-state index contributed by atoms with van der Waals surface area (Å²) < 4.78 is 12.0. The van der Waals surface area contributed by atoms with E-state index in [0.717, 1.165) is 0 Å². The molecule has 0 fully saturated rings. The van der Waals surface area contributed by atoms with Crippen LogP contribution in [0.4, 0.5) is 10.5 Å². The molecule has 0 radical (unpaired) electrons. The molecule has 0 heterocycles. The summed E-state index contributed by atoms with van der Waals surface area (Å²) in [5, 5.41) is 0.999. The van der Waals surface area contributed by atoms with Gasteiger partial charge >= 0.3 is 6.03 Å². The second-order valence-corrected chi connectivity index (χ2v) is 5.14. The Hall–Kier alpha value is -1.89. The van der Waals surface area contributed by atoms with Crippen molar-refractivity contribution in [2.45, 2.75) is 17.1 Å². The van der Waals surface area contributed by atoms with E-state index in [9.17, 15) is 13.8 Å². The number of imide groups is 1. The Labute approximate surface area is 101 Å². The predicted molar refractivity (Wildman–Crippen MR) is 64.5 cm³/mol. The molecule has 92 valence electrons. The molecule has 7 heteroatoms. The molecule has 0 saturated heterocycles. The number of hydrogen-bond donors (Lipinski definition) is 3. The fourth-order valence-electron chi connectivity index (χ4n) is 1.16. The zero-order chi connectivity index (χ0) is 13.0. The average Bonchev–Trinajstić information content (AvgIpc) is 2.26. The number of nitrogen functional groups attached to an aromatic ring is 1. The lowest BCUT2D eigenvalue weighted by Crippen LogP contribution is -2.42. The highest BCUT2D eigenvalue weighted by Crippen LogP contribution is 2.14. The lowest BCUT2D eigenvalue weighted by atomic mass is 10.3. The van der Waals surface area contributed by atoms with Gasteiger partial charge in [-0.05, 0) is 25.1 Å². The van der Waals surface area contributed by atoms with Crippen molar-refractivity contribution < 1.29 is 13.8 Å². The first-order chi connectivity index (χ1) is 7.91. The fraction of sp³-hybridized carbons (Fsp3) is 0.200. The highest BCUT2D eigenvalue weighted by molar-refractivity contribution is 7.86. The second-order valence-electron chi connectivity index (χ2n) is 3.37. The number of carbonyl (C=O) groups is 2. The molecule has 0 saturated carbocycles. The maximum atomic E-state index is 12.0. The van der Waals surface area contributed by atoms with Crippen LogP contribution in [0.15, 0.2) is 29.2 Å². The number of benzene rings is 1. The number of rotatable bonds is 3. The minimum Gasteiger partial charge on any atom is -0.399 e. The fourth-order valence-corrected chi connectivity index (χ4v) is 2.29. The van der Waals surface area contributed by atoms with E-state index in [4.69, 9.17) is 11.5 Å². The van der Waals surface area contributed by atoms with Crippen LogP contribution in [0.1, 0.15) is 6.92 Å². The predicted octanol–water partition coefficient (Wildman–Crippen LogP) is -0.0402. The molecule has 2 unspecified atom stereocenters.